The van der Waals surface area contributed by atoms with Crippen LogP contribution in [0, 0.1) is 0 Å². The molecule has 1 aromatic heterocycles. The fourth-order valence-corrected chi connectivity index (χ4v) is 3.69. The third kappa shape index (κ3) is 6.43. The summed E-state index contributed by atoms with van der Waals surface area (Å²) in [4.78, 5) is 25.3. The Morgan fingerprint density at radius 1 is 1.22 bits per heavy atom. The zero-order valence-corrected chi connectivity index (χ0v) is 15.1. The van der Waals surface area contributed by atoms with Crippen molar-refractivity contribution in [2.24, 2.45) is 0 Å². The van der Waals surface area contributed by atoms with Crippen molar-refractivity contribution in [2.45, 2.75) is 11.3 Å². The van der Waals surface area contributed by atoms with Gasteiger partial charge in [0, 0.05) is 21.3 Å². The average Bonchev–Trinajstić information content (AvgIpc) is 3.01. The summed E-state index contributed by atoms with van der Waals surface area (Å²) in [6.07, 6.45) is 0.742. The van der Waals surface area contributed by atoms with Crippen molar-refractivity contribution in [1.29, 1.82) is 0 Å². The topological polar surface area (TPSA) is 58.2 Å². The lowest BCUT2D eigenvalue weighted by Gasteiger charge is -2.07. The Hall–Kier alpha value is -1.21. The average molecular weight is 389 g/mol. The van der Waals surface area contributed by atoms with Crippen LogP contribution < -0.4 is 10.6 Å². The van der Waals surface area contributed by atoms with Gasteiger partial charge in [0.15, 0.2) is 0 Å². The minimum Gasteiger partial charge on any atom is -0.337 e. The molecule has 2 rings (SSSR count). The van der Waals surface area contributed by atoms with Crippen molar-refractivity contribution in [2.75, 3.05) is 12.3 Å². The number of thioether (sulfide) groups is 1. The van der Waals surface area contributed by atoms with Gasteiger partial charge < -0.3 is 5.32 Å². The highest BCUT2D eigenvalue weighted by atomic mass is 35.5. The van der Waals surface area contributed by atoms with E-state index in [1.54, 1.807) is 29.5 Å². The molecule has 0 saturated heterocycles. The molecule has 0 unspecified atom stereocenters. The summed E-state index contributed by atoms with van der Waals surface area (Å²) >= 11 is 14.8. The van der Waals surface area contributed by atoms with Crippen LogP contribution in [-0.4, -0.2) is 24.2 Å². The van der Waals surface area contributed by atoms with Gasteiger partial charge in [-0.25, -0.2) is 4.79 Å². The van der Waals surface area contributed by atoms with Gasteiger partial charge in [-0.3, -0.25) is 10.1 Å². The van der Waals surface area contributed by atoms with E-state index in [-0.39, 0.29) is 11.7 Å². The van der Waals surface area contributed by atoms with Crippen LogP contribution in [0.4, 0.5) is 4.79 Å². The third-order valence-electron chi connectivity index (χ3n) is 2.74. The van der Waals surface area contributed by atoms with Gasteiger partial charge in [-0.05, 0) is 36.1 Å². The highest BCUT2D eigenvalue weighted by Gasteiger charge is 2.10. The number of rotatable bonds is 6. The molecule has 0 fully saturated rings. The fraction of sp³-hybridized carbons (Fsp3) is 0.200. The monoisotopic (exact) mass is 388 g/mol. The molecule has 4 nitrogen and oxygen atoms in total. The molecule has 0 spiro atoms. The van der Waals surface area contributed by atoms with Gasteiger partial charge in [0.25, 0.3) is 0 Å². The maximum Gasteiger partial charge on any atom is 0.321 e. The van der Waals surface area contributed by atoms with Crippen molar-refractivity contribution in [3.63, 3.8) is 0 Å². The maximum absolute atomic E-state index is 11.7. The highest BCUT2D eigenvalue weighted by Crippen LogP contribution is 2.29. The third-order valence-corrected chi connectivity index (χ3v) is 5.41. The Kier molecular flexibility index (Phi) is 7.23. The molecule has 8 heteroatoms. The molecule has 0 aliphatic rings. The van der Waals surface area contributed by atoms with Crippen LogP contribution >= 0.6 is 46.3 Å². The van der Waals surface area contributed by atoms with E-state index in [0.717, 1.165) is 6.42 Å². The van der Waals surface area contributed by atoms with E-state index < -0.39 is 6.03 Å². The second-order valence-electron chi connectivity index (χ2n) is 4.50. The molecule has 1 heterocycles. The van der Waals surface area contributed by atoms with E-state index in [1.807, 2.05) is 17.5 Å². The van der Waals surface area contributed by atoms with Crippen molar-refractivity contribution in [1.82, 2.24) is 10.6 Å². The largest absolute Gasteiger partial charge is 0.337 e. The lowest BCUT2D eigenvalue weighted by Crippen LogP contribution is -2.41. The SMILES string of the molecule is O=C(CSc1cc(Cl)ccc1Cl)NC(=O)NCCc1cccs1. The van der Waals surface area contributed by atoms with E-state index in [0.29, 0.717) is 21.5 Å². The molecule has 2 aromatic rings. The molecule has 0 saturated carbocycles. The Labute approximate surface area is 152 Å². The number of carbonyl (C=O) groups excluding carboxylic acids is 2. The number of carbonyl (C=O) groups is 2. The smallest absolute Gasteiger partial charge is 0.321 e. The number of thiophene rings is 1. The first-order chi connectivity index (χ1) is 11.0. The van der Waals surface area contributed by atoms with Gasteiger partial charge in [0.05, 0.1) is 10.8 Å². The van der Waals surface area contributed by atoms with Gasteiger partial charge in [-0.1, -0.05) is 29.3 Å². The van der Waals surface area contributed by atoms with Crippen LogP contribution in [0.1, 0.15) is 4.88 Å². The number of benzene rings is 1. The lowest BCUT2D eigenvalue weighted by molar-refractivity contribution is -0.117. The van der Waals surface area contributed by atoms with Crippen LogP contribution in [0.5, 0.6) is 0 Å². The molecule has 0 aliphatic heterocycles. The summed E-state index contributed by atoms with van der Waals surface area (Å²) < 4.78 is 0. The number of hydrogen-bond acceptors (Lipinski definition) is 4. The van der Waals surface area contributed by atoms with E-state index in [9.17, 15) is 9.59 Å². The van der Waals surface area contributed by atoms with Gasteiger partial charge in [0.2, 0.25) is 5.91 Å². The van der Waals surface area contributed by atoms with E-state index in [4.69, 9.17) is 23.2 Å². The molecular formula is C15H14Cl2N2O2S2. The normalized spacial score (nSPS) is 10.3. The van der Waals surface area contributed by atoms with Gasteiger partial charge in [-0.15, -0.1) is 23.1 Å². The Morgan fingerprint density at radius 2 is 2.04 bits per heavy atom. The fourth-order valence-electron chi connectivity index (χ4n) is 1.69. The molecule has 0 radical (unpaired) electrons. The van der Waals surface area contributed by atoms with Crippen LogP contribution in [0.3, 0.4) is 0 Å². The Balaban J connectivity index is 1.69. The summed E-state index contributed by atoms with van der Waals surface area (Å²) in [5, 5.41) is 7.98. The first-order valence-electron chi connectivity index (χ1n) is 6.72. The lowest BCUT2D eigenvalue weighted by atomic mass is 10.3. The second kappa shape index (κ2) is 9.17. The summed E-state index contributed by atoms with van der Waals surface area (Å²) in [7, 11) is 0. The number of amides is 3. The molecule has 0 bridgehead atoms. The molecule has 0 aliphatic carbocycles. The van der Waals surface area contributed by atoms with E-state index in [2.05, 4.69) is 10.6 Å². The molecule has 1 aromatic carbocycles. The second-order valence-corrected chi connectivity index (χ2v) is 7.39. The number of imide groups is 1. The number of nitrogens with one attached hydrogen (secondary N) is 2. The predicted molar refractivity (Wildman–Crippen MR) is 96.8 cm³/mol. The zero-order valence-electron chi connectivity index (χ0n) is 12.0. The van der Waals surface area contributed by atoms with Gasteiger partial charge in [-0.2, -0.15) is 0 Å². The first-order valence-corrected chi connectivity index (χ1v) is 9.34. The number of hydrogen-bond donors (Lipinski definition) is 2. The van der Waals surface area contributed by atoms with Gasteiger partial charge in [0.1, 0.15) is 0 Å². The van der Waals surface area contributed by atoms with E-state index in [1.165, 1.54) is 16.6 Å². The summed E-state index contributed by atoms with van der Waals surface area (Å²) in [5.74, 6) is -0.307. The Bertz CT molecular complexity index is 678. The summed E-state index contributed by atoms with van der Waals surface area (Å²) in [6, 6.07) is 8.49. The van der Waals surface area contributed by atoms with Crippen molar-refractivity contribution < 1.29 is 9.59 Å². The quantitative estimate of drug-likeness (QED) is 0.728. The van der Waals surface area contributed by atoms with Crippen LogP contribution in [0.15, 0.2) is 40.6 Å². The summed E-state index contributed by atoms with van der Waals surface area (Å²) in [6.45, 7) is 0.479. The van der Waals surface area contributed by atoms with Crippen LogP contribution in [0.2, 0.25) is 10.0 Å². The van der Waals surface area contributed by atoms with Crippen LogP contribution in [0.25, 0.3) is 0 Å². The molecule has 0 atom stereocenters. The van der Waals surface area contributed by atoms with Crippen molar-refractivity contribution in [3.8, 4) is 0 Å². The van der Waals surface area contributed by atoms with Crippen molar-refractivity contribution >= 4 is 58.2 Å². The molecular weight excluding hydrogens is 375 g/mol. The molecule has 2 N–H and O–H groups in total. The highest BCUT2D eigenvalue weighted by molar-refractivity contribution is 8.00. The van der Waals surface area contributed by atoms with Crippen molar-refractivity contribution in [3.05, 3.63) is 50.6 Å². The zero-order chi connectivity index (χ0) is 16.7. The first kappa shape index (κ1) is 18.1. The molecule has 23 heavy (non-hydrogen) atoms. The summed E-state index contributed by atoms with van der Waals surface area (Å²) in [5.41, 5.74) is 0. The minimum atomic E-state index is -0.496. The van der Waals surface area contributed by atoms with E-state index >= 15 is 0 Å². The predicted octanol–water partition coefficient (Wildman–Crippen LogP) is 4.22. The number of halogens is 2. The van der Waals surface area contributed by atoms with Gasteiger partial charge >= 0.3 is 6.03 Å². The Morgan fingerprint density at radius 3 is 2.78 bits per heavy atom. The number of urea groups is 1. The molecule has 3 amide bonds. The molecule has 122 valence electrons. The standard InChI is InChI=1S/C15H14Cl2N2O2S2/c16-10-3-4-12(17)13(8-10)23-9-14(20)19-15(21)18-6-5-11-2-1-7-22-11/h1-4,7-8H,5-6,9H2,(H2,18,19,20,21). The maximum atomic E-state index is 11.7. The van der Waals surface area contributed by atoms with Crippen LogP contribution in [-0.2, 0) is 11.2 Å². The minimum absolute atomic E-state index is 0.0818.